The molecule has 1 atom stereocenters. The highest BCUT2D eigenvalue weighted by Gasteiger charge is 2.34. The molecule has 0 saturated heterocycles. The zero-order valence-corrected chi connectivity index (χ0v) is 9.08. The van der Waals surface area contributed by atoms with E-state index in [1.54, 1.807) is 0 Å². The van der Waals surface area contributed by atoms with Gasteiger partial charge in [-0.25, -0.2) is 4.79 Å². The van der Waals surface area contributed by atoms with Gasteiger partial charge in [-0.15, -0.1) is 0 Å². The van der Waals surface area contributed by atoms with E-state index in [1.165, 1.54) is 32.8 Å². The maximum Gasteiger partial charge on any atom is 0.336 e. The number of rotatable bonds is 7. The Hall–Kier alpha value is -0.860. The number of nitrogens with zero attached hydrogens (tertiary/aromatic N) is 1. The standard InChI is InChI=1S/C11H19NO2/c1-3-4-5-6-7-8-9-10(12-9)11(13)14-2/h10H,3-8H2,1-2H3. The molecule has 0 bridgehead atoms. The number of carbonyl (C=O) groups excluding carboxylic acids is 1. The normalized spacial score (nSPS) is 19.0. The van der Waals surface area contributed by atoms with E-state index in [2.05, 4.69) is 16.7 Å². The topological polar surface area (TPSA) is 38.7 Å². The molecule has 14 heavy (non-hydrogen) atoms. The fraction of sp³-hybridized carbons (Fsp3) is 0.818. The molecule has 1 rings (SSSR count). The van der Waals surface area contributed by atoms with Gasteiger partial charge in [-0.1, -0.05) is 32.6 Å². The number of methoxy groups -OCH3 is 1. The molecule has 1 heterocycles. The number of ether oxygens (including phenoxy) is 1. The number of hydrogen-bond acceptors (Lipinski definition) is 3. The zero-order valence-electron chi connectivity index (χ0n) is 9.08. The minimum atomic E-state index is -0.217. The highest BCUT2D eigenvalue weighted by molar-refractivity contribution is 6.16. The van der Waals surface area contributed by atoms with Crippen molar-refractivity contribution in [2.75, 3.05) is 7.11 Å². The van der Waals surface area contributed by atoms with Crippen molar-refractivity contribution in [3.8, 4) is 0 Å². The lowest BCUT2D eigenvalue weighted by Crippen LogP contribution is -2.14. The smallest absolute Gasteiger partial charge is 0.336 e. The van der Waals surface area contributed by atoms with E-state index in [4.69, 9.17) is 0 Å². The van der Waals surface area contributed by atoms with Crippen LogP contribution in [0, 0.1) is 0 Å². The van der Waals surface area contributed by atoms with Gasteiger partial charge in [-0.2, -0.15) is 0 Å². The lowest BCUT2D eigenvalue weighted by molar-refractivity contribution is -0.139. The molecule has 0 radical (unpaired) electrons. The maximum atomic E-state index is 11.0. The van der Waals surface area contributed by atoms with Crippen LogP contribution in [0.4, 0.5) is 0 Å². The fourth-order valence-corrected chi connectivity index (χ4v) is 1.54. The molecule has 0 saturated carbocycles. The molecule has 0 aromatic carbocycles. The summed E-state index contributed by atoms with van der Waals surface area (Å²) in [6.07, 6.45) is 7.27. The molecule has 1 aliphatic heterocycles. The predicted octanol–water partition coefficient (Wildman–Crippen LogP) is 2.34. The van der Waals surface area contributed by atoms with Crippen LogP contribution in [0.3, 0.4) is 0 Å². The molecule has 0 aromatic heterocycles. The Morgan fingerprint density at radius 3 is 2.71 bits per heavy atom. The monoisotopic (exact) mass is 197 g/mol. The summed E-state index contributed by atoms with van der Waals surface area (Å²) in [5.74, 6) is -0.200. The van der Waals surface area contributed by atoms with Gasteiger partial charge in [0, 0.05) is 5.71 Å². The summed E-state index contributed by atoms with van der Waals surface area (Å²) in [5.41, 5.74) is 1.04. The van der Waals surface area contributed by atoms with Crippen LogP contribution < -0.4 is 0 Å². The summed E-state index contributed by atoms with van der Waals surface area (Å²) in [6, 6.07) is -0.217. The van der Waals surface area contributed by atoms with Gasteiger partial charge in [0.15, 0.2) is 6.04 Å². The van der Waals surface area contributed by atoms with Crippen LogP contribution in [0.1, 0.15) is 45.4 Å². The van der Waals surface area contributed by atoms with E-state index in [-0.39, 0.29) is 12.0 Å². The lowest BCUT2D eigenvalue weighted by Gasteiger charge is -1.97. The molecule has 80 valence electrons. The number of unbranched alkanes of at least 4 members (excludes halogenated alkanes) is 4. The van der Waals surface area contributed by atoms with Gasteiger partial charge in [-0.05, 0) is 12.8 Å². The Kier molecular flexibility index (Phi) is 4.63. The van der Waals surface area contributed by atoms with E-state index in [1.807, 2.05) is 0 Å². The molecule has 3 heteroatoms. The summed E-state index contributed by atoms with van der Waals surface area (Å²) >= 11 is 0. The van der Waals surface area contributed by atoms with Gasteiger partial charge in [-0.3, -0.25) is 4.99 Å². The first-order valence-electron chi connectivity index (χ1n) is 5.44. The van der Waals surface area contributed by atoms with Crippen LogP contribution >= 0.6 is 0 Å². The van der Waals surface area contributed by atoms with E-state index in [0.717, 1.165) is 18.6 Å². The van der Waals surface area contributed by atoms with E-state index in [0.29, 0.717) is 0 Å². The molecule has 0 spiro atoms. The van der Waals surface area contributed by atoms with Crippen molar-refractivity contribution >= 4 is 11.7 Å². The fourth-order valence-electron chi connectivity index (χ4n) is 1.54. The van der Waals surface area contributed by atoms with Gasteiger partial charge >= 0.3 is 5.97 Å². The average Bonchev–Trinajstić information content (AvgIpc) is 2.96. The first-order chi connectivity index (χ1) is 6.79. The van der Waals surface area contributed by atoms with Crippen molar-refractivity contribution in [1.82, 2.24) is 0 Å². The molecular weight excluding hydrogens is 178 g/mol. The van der Waals surface area contributed by atoms with Gasteiger partial charge in [0.1, 0.15) is 0 Å². The van der Waals surface area contributed by atoms with E-state index >= 15 is 0 Å². The first-order valence-corrected chi connectivity index (χ1v) is 5.44. The third-order valence-corrected chi connectivity index (χ3v) is 2.50. The minimum Gasteiger partial charge on any atom is -0.467 e. The van der Waals surface area contributed by atoms with Crippen LogP contribution in [-0.4, -0.2) is 24.8 Å². The van der Waals surface area contributed by atoms with Crippen LogP contribution in [0.2, 0.25) is 0 Å². The molecule has 1 aliphatic rings. The molecule has 0 aromatic rings. The molecule has 1 unspecified atom stereocenters. The highest BCUT2D eigenvalue weighted by Crippen LogP contribution is 2.19. The second kappa shape index (κ2) is 5.78. The Labute approximate surface area is 85.6 Å². The average molecular weight is 197 g/mol. The molecule has 0 amide bonds. The predicted molar refractivity (Wildman–Crippen MR) is 56.6 cm³/mol. The van der Waals surface area contributed by atoms with Crippen LogP contribution in [0.15, 0.2) is 4.99 Å². The third kappa shape index (κ3) is 3.48. The van der Waals surface area contributed by atoms with Crippen molar-refractivity contribution in [1.29, 1.82) is 0 Å². The maximum absolute atomic E-state index is 11.0. The molecular formula is C11H19NO2. The van der Waals surface area contributed by atoms with Gasteiger partial charge in [0.2, 0.25) is 0 Å². The Balaban J connectivity index is 1.95. The molecule has 0 fully saturated rings. The lowest BCUT2D eigenvalue weighted by atomic mass is 10.1. The van der Waals surface area contributed by atoms with Crippen molar-refractivity contribution < 1.29 is 9.53 Å². The van der Waals surface area contributed by atoms with Crippen molar-refractivity contribution in [3.05, 3.63) is 0 Å². The number of hydrogen-bond donors (Lipinski definition) is 0. The summed E-state index contributed by atoms with van der Waals surface area (Å²) in [5, 5.41) is 0. The van der Waals surface area contributed by atoms with Crippen molar-refractivity contribution in [2.45, 2.75) is 51.5 Å². The van der Waals surface area contributed by atoms with Gasteiger partial charge in [0.25, 0.3) is 0 Å². The van der Waals surface area contributed by atoms with E-state index in [9.17, 15) is 4.79 Å². The molecule has 3 nitrogen and oxygen atoms in total. The molecule has 0 aliphatic carbocycles. The van der Waals surface area contributed by atoms with E-state index < -0.39 is 0 Å². The first kappa shape index (κ1) is 11.2. The summed E-state index contributed by atoms with van der Waals surface area (Å²) in [4.78, 5) is 15.1. The zero-order chi connectivity index (χ0) is 10.4. The summed E-state index contributed by atoms with van der Waals surface area (Å²) in [7, 11) is 1.41. The quantitative estimate of drug-likeness (QED) is 0.464. The Morgan fingerprint density at radius 2 is 2.07 bits per heavy atom. The Bertz CT molecular complexity index is 223. The van der Waals surface area contributed by atoms with Crippen molar-refractivity contribution in [3.63, 3.8) is 0 Å². The van der Waals surface area contributed by atoms with Crippen molar-refractivity contribution in [2.24, 2.45) is 4.99 Å². The van der Waals surface area contributed by atoms with Crippen LogP contribution in [-0.2, 0) is 9.53 Å². The second-order valence-corrected chi connectivity index (χ2v) is 3.71. The Morgan fingerprint density at radius 1 is 1.36 bits per heavy atom. The largest absolute Gasteiger partial charge is 0.467 e. The number of aliphatic imine (C=N–C) groups is 1. The third-order valence-electron chi connectivity index (χ3n) is 2.50. The summed E-state index contributed by atoms with van der Waals surface area (Å²) < 4.78 is 4.60. The highest BCUT2D eigenvalue weighted by atomic mass is 16.5. The van der Waals surface area contributed by atoms with Gasteiger partial charge < -0.3 is 4.74 Å². The van der Waals surface area contributed by atoms with Crippen LogP contribution in [0.25, 0.3) is 0 Å². The van der Waals surface area contributed by atoms with Gasteiger partial charge in [0.05, 0.1) is 7.11 Å². The SMILES string of the molecule is CCCCCCCC1=NC1C(=O)OC. The minimum absolute atomic E-state index is 0.200. The number of carbonyl (C=O) groups is 1. The number of esters is 1. The second-order valence-electron chi connectivity index (χ2n) is 3.71. The van der Waals surface area contributed by atoms with Crippen LogP contribution in [0.5, 0.6) is 0 Å². The molecule has 0 N–H and O–H groups in total. The summed E-state index contributed by atoms with van der Waals surface area (Å²) in [6.45, 7) is 2.21.